The van der Waals surface area contributed by atoms with E-state index < -0.39 is 32.2 Å². The predicted molar refractivity (Wildman–Crippen MR) is 62.0 cm³/mol. The van der Waals surface area contributed by atoms with Crippen molar-refractivity contribution < 1.29 is 26.4 Å². The molecule has 0 aliphatic rings. The second-order valence-corrected chi connectivity index (χ2v) is 5.62. The Morgan fingerprint density at radius 1 is 1.32 bits per heavy atom. The summed E-state index contributed by atoms with van der Waals surface area (Å²) in [7, 11) is -5.49. The molecule has 19 heavy (non-hydrogen) atoms. The Hall–Kier alpha value is -1.77. The zero-order valence-corrected chi connectivity index (χ0v) is 10.5. The fourth-order valence-corrected chi connectivity index (χ4v) is 2.17. The monoisotopic (exact) mass is 296 g/mol. The molecule has 0 bridgehead atoms. The van der Waals surface area contributed by atoms with Crippen LogP contribution in [0.1, 0.15) is 6.92 Å². The minimum Gasteiger partial charge on any atom is -0.373 e. The molecule has 1 aromatic rings. The highest BCUT2D eigenvalue weighted by Gasteiger charge is 2.48. The van der Waals surface area contributed by atoms with E-state index in [1.807, 2.05) is 0 Å². The van der Waals surface area contributed by atoms with Gasteiger partial charge in [0, 0.05) is 0 Å². The van der Waals surface area contributed by atoms with Gasteiger partial charge in [-0.3, -0.25) is 4.79 Å². The molecule has 0 saturated heterocycles. The van der Waals surface area contributed by atoms with E-state index in [2.05, 4.69) is 5.32 Å². The van der Waals surface area contributed by atoms with Crippen LogP contribution < -0.4 is 11.1 Å². The smallest absolute Gasteiger partial charge is 0.373 e. The third kappa shape index (κ3) is 3.16. The third-order valence-electron chi connectivity index (χ3n) is 2.28. The molecule has 106 valence electrons. The van der Waals surface area contributed by atoms with Crippen LogP contribution in [-0.2, 0) is 14.6 Å². The topological polar surface area (TPSA) is 89.3 Å². The standard InChI is InChI=1S/C10H11F3N2O3S/c1-6(9(14)16)15-7-4-2-3-5-8(7)19(17,18)10(11,12)13/h2-6,15H,1H3,(H2,14,16). The van der Waals surface area contributed by atoms with Crippen molar-refractivity contribution in [3.05, 3.63) is 24.3 Å². The average molecular weight is 296 g/mol. The maximum absolute atomic E-state index is 12.5. The summed E-state index contributed by atoms with van der Waals surface area (Å²) < 4.78 is 60.2. The molecule has 1 unspecified atom stereocenters. The molecule has 0 saturated carbocycles. The number of alkyl halides is 3. The summed E-state index contributed by atoms with van der Waals surface area (Å²) in [6, 6.07) is 3.41. The van der Waals surface area contributed by atoms with Crippen molar-refractivity contribution >= 4 is 21.4 Å². The van der Waals surface area contributed by atoms with E-state index in [0.717, 1.165) is 18.2 Å². The second-order valence-electron chi connectivity index (χ2n) is 3.71. The van der Waals surface area contributed by atoms with Crippen LogP contribution in [0.25, 0.3) is 0 Å². The van der Waals surface area contributed by atoms with Gasteiger partial charge in [-0.25, -0.2) is 8.42 Å². The Balaban J connectivity index is 3.28. The molecule has 1 aromatic carbocycles. The number of halogens is 3. The number of nitrogens with two attached hydrogens (primary N) is 1. The van der Waals surface area contributed by atoms with Gasteiger partial charge in [0.15, 0.2) is 0 Å². The molecule has 0 fully saturated rings. The first-order valence-corrected chi connectivity index (χ1v) is 6.52. The van der Waals surface area contributed by atoms with E-state index in [-0.39, 0.29) is 5.69 Å². The van der Waals surface area contributed by atoms with Gasteiger partial charge in [-0.1, -0.05) is 12.1 Å². The van der Waals surface area contributed by atoms with Crippen molar-refractivity contribution in [3.63, 3.8) is 0 Å². The second kappa shape index (κ2) is 5.08. The molecule has 0 radical (unpaired) electrons. The van der Waals surface area contributed by atoms with Crippen molar-refractivity contribution in [2.45, 2.75) is 23.4 Å². The minimum absolute atomic E-state index is 0.328. The van der Waals surface area contributed by atoms with Gasteiger partial charge in [0.1, 0.15) is 6.04 Å². The van der Waals surface area contributed by atoms with Crippen LogP contribution in [0.2, 0.25) is 0 Å². The van der Waals surface area contributed by atoms with Crippen LogP contribution in [-0.4, -0.2) is 25.9 Å². The number of rotatable bonds is 4. The first-order chi connectivity index (χ1) is 8.57. The van der Waals surface area contributed by atoms with Gasteiger partial charge >= 0.3 is 5.51 Å². The van der Waals surface area contributed by atoms with Crippen LogP contribution in [0.3, 0.4) is 0 Å². The van der Waals surface area contributed by atoms with Gasteiger partial charge in [-0.15, -0.1) is 0 Å². The van der Waals surface area contributed by atoms with Gasteiger partial charge in [0.05, 0.1) is 10.6 Å². The van der Waals surface area contributed by atoms with Crippen LogP contribution in [0, 0.1) is 0 Å². The van der Waals surface area contributed by atoms with Gasteiger partial charge in [-0.2, -0.15) is 13.2 Å². The van der Waals surface area contributed by atoms with Crippen LogP contribution in [0.4, 0.5) is 18.9 Å². The molecule has 1 atom stereocenters. The number of benzene rings is 1. The van der Waals surface area contributed by atoms with Crippen molar-refractivity contribution in [3.8, 4) is 0 Å². The Labute approximate surface area is 107 Å². The number of sulfone groups is 1. The highest BCUT2D eigenvalue weighted by atomic mass is 32.2. The highest BCUT2D eigenvalue weighted by Crippen LogP contribution is 2.34. The number of nitrogens with one attached hydrogen (secondary N) is 1. The van der Waals surface area contributed by atoms with E-state index >= 15 is 0 Å². The summed E-state index contributed by atoms with van der Waals surface area (Å²) in [6.07, 6.45) is 0. The summed E-state index contributed by atoms with van der Waals surface area (Å²) in [5, 5.41) is 2.33. The lowest BCUT2D eigenvalue weighted by molar-refractivity contribution is -0.118. The van der Waals surface area contributed by atoms with E-state index in [1.165, 1.54) is 13.0 Å². The summed E-state index contributed by atoms with van der Waals surface area (Å²) in [5.74, 6) is -0.820. The minimum atomic E-state index is -5.49. The molecular formula is C10H11F3N2O3S. The largest absolute Gasteiger partial charge is 0.501 e. The zero-order chi connectivity index (χ0) is 14.8. The summed E-state index contributed by atoms with van der Waals surface area (Å²) in [5.41, 5.74) is -0.788. The van der Waals surface area contributed by atoms with E-state index in [1.54, 1.807) is 0 Å². The predicted octanol–water partition coefficient (Wildman–Crippen LogP) is 1.27. The van der Waals surface area contributed by atoms with Crippen LogP contribution in [0.5, 0.6) is 0 Å². The number of carbonyl (C=O) groups excluding carboxylic acids is 1. The molecule has 9 heteroatoms. The van der Waals surface area contributed by atoms with E-state index in [0.29, 0.717) is 0 Å². The quantitative estimate of drug-likeness (QED) is 0.875. The van der Waals surface area contributed by atoms with Gasteiger partial charge < -0.3 is 11.1 Å². The maximum Gasteiger partial charge on any atom is 0.501 e. The molecule has 3 N–H and O–H groups in total. The lowest BCUT2D eigenvalue weighted by Gasteiger charge is -2.16. The Kier molecular flexibility index (Phi) is 4.09. The maximum atomic E-state index is 12.5. The molecule has 0 aliphatic carbocycles. The van der Waals surface area contributed by atoms with Crippen LogP contribution in [0.15, 0.2) is 29.2 Å². The van der Waals surface area contributed by atoms with E-state index in [9.17, 15) is 26.4 Å². The molecule has 0 aromatic heterocycles. The summed E-state index contributed by atoms with van der Waals surface area (Å²) >= 11 is 0. The third-order valence-corrected chi connectivity index (χ3v) is 3.82. The van der Waals surface area contributed by atoms with Crippen molar-refractivity contribution in [1.82, 2.24) is 0 Å². The number of para-hydroxylation sites is 1. The summed E-state index contributed by atoms with van der Waals surface area (Å²) in [6.45, 7) is 1.30. The lowest BCUT2D eigenvalue weighted by atomic mass is 10.2. The molecule has 0 spiro atoms. The number of amides is 1. The van der Waals surface area contributed by atoms with Crippen LogP contribution >= 0.6 is 0 Å². The first kappa shape index (κ1) is 15.3. The molecule has 0 aliphatic heterocycles. The SMILES string of the molecule is CC(Nc1ccccc1S(=O)(=O)C(F)(F)F)C(N)=O. The van der Waals surface area contributed by atoms with Crippen molar-refractivity contribution in [2.75, 3.05) is 5.32 Å². The molecule has 1 rings (SSSR count). The molecule has 0 heterocycles. The molecule has 1 amide bonds. The highest BCUT2D eigenvalue weighted by molar-refractivity contribution is 7.92. The number of hydrogen-bond acceptors (Lipinski definition) is 4. The lowest BCUT2D eigenvalue weighted by Crippen LogP contribution is -2.33. The zero-order valence-electron chi connectivity index (χ0n) is 9.73. The average Bonchev–Trinajstić information content (AvgIpc) is 2.27. The number of carbonyl (C=O) groups is 1. The van der Waals surface area contributed by atoms with E-state index in [4.69, 9.17) is 5.73 Å². The number of anilines is 1. The first-order valence-electron chi connectivity index (χ1n) is 5.03. The fourth-order valence-electron chi connectivity index (χ4n) is 1.25. The van der Waals surface area contributed by atoms with Crippen molar-refractivity contribution in [1.29, 1.82) is 0 Å². The fraction of sp³-hybridized carbons (Fsp3) is 0.300. The number of hydrogen-bond donors (Lipinski definition) is 2. The van der Waals surface area contributed by atoms with Crippen molar-refractivity contribution in [2.24, 2.45) is 5.73 Å². The number of primary amides is 1. The Bertz CT molecular complexity index is 584. The normalized spacial score (nSPS) is 13.9. The Morgan fingerprint density at radius 2 is 1.84 bits per heavy atom. The molecular weight excluding hydrogens is 285 g/mol. The Morgan fingerprint density at radius 3 is 2.32 bits per heavy atom. The van der Waals surface area contributed by atoms with Gasteiger partial charge in [-0.05, 0) is 19.1 Å². The summed E-state index contributed by atoms with van der Waals surface area (Å²) in [4.78, 5) is 9.90. The van der Waals surface area contributed by atoms with Gasteiger partial charge in [0.2, 0.25) is 5.91 Å². The van der Waals surface area contributed by atoms with Gasteiger partial charge in [0.25, 0.3) is 9.84 Å². The molecule has 5 nitrogen and oxygen atoms in total.